The minimum atomic E-state index is -0.281. The average Bonchev–Trinajstić information content (AvgIpc) is 3.10. The number of rotatable bonds is 3. The molecule has 8 heteroatoms. The number of hydrogen-bond acceptors (Lipinski definition) is 5. The predicted octanol–water partition coefficient (Wildman–Crippen LogP) is 4.00. The first-order valence-corrected chi connectivity index (χ1v) is 9.64. The van der Waals surface area contributed by atoms with Crippen molar-refractivity contribution in [1.29, 1.82) is 0 Å². The van der Waals surface area contributed by atoms with Gasteiger partial charge in [-0.15, -0.1) is 11.3 Å². The Bertz CT molecular complexity index is 1000. The van der Waals surface area contributed by atoms with Crippen LogP contribution in [0.5, 0.6) is 5.75 Å². The van der Waals surface area contributed by atoms with Gasteiger partial charge in [0.1, 0.15) is 5.75 Å². The monoisotopic (exact) mass is 477 g/mol. The predicted molar refractivity (Wildman–Crippen MR) is 109 cm³/mol. The Labute approximate surface area is 166 Å². The van der Waals surface area contributed by atoms with Gasteiger partial charge in [0.15, 0.2) is 11.7 Å². The van der Waals surface area contributed by atoms with Crippen molar-refractivity contribution in [1.82, 2.24) is 4.98 Å². The van der Waals surface area contributed by atoms with Crippen LogP contribution in [-0.4, -0.2) is 23.4 Å². The summed E-state index contributed by atoms with van der Waals surface area (Å²) in [6, 6.07) is 12.9. The smallest absolute Gasteiger partial charge is 0.262 e. The fourth-order valence-electron chi connectivity index (χ4n) is 2.47. The van der Waals surface area contributed by atoms with Gasteiger partial charge >= 0.3 is 0 Å². The molecule has 1 aliphatic heterocycles. The molecule has 0 saturated heterocycles. The van der Waals surface area contributed by atoms with E-state index >= 15 is 0 Å². The number of carbonyl (C=O) groups excluding carboxylic acids is 2. The molecule has 0 saturated carbocycles. The summed E-state index contributed by atoms with van der Waals surface area (Å²) in [5, 5.41) is 7.92. The Morgan fingerprint density at radius 1 is 1.23 bits per heavy atom. The van der Waals surface area contributed by atoms with Crippen molar-refractivity contribution >= 4 is 56.6 Å². The second kappa shape index (κ2) is 7.04. The highest BCUT2D eigenvalue weighted by molar-refractivity contribution is 14.1. The Hall–Kier alpha value is -2.46. The number of anilines is 2. The molecule has 3 aromatic rings. The molecule has 1 aromatic heterocycles. The summed E-state index contributed by atoms with van der Waals surface area (Å²) in [5.74, 6) is -0.00612. The first kappa shape index (κ1) is 17.0. The van der Waals surface area contributed by atoms with Crippen LogP contribution in [0.2, 0.25) is 0 Å². The molecule has 26 heavy (non-hydrogen) atoms. The van der Waals surface area contributed by atoms with Crippen molar-refractivity contribution in [2.24, 2.45) is 0 Å². The van der Waals surface area contributed by atoms with E-state index in [2.05, 4.69) is 38.2 Å². The lowest BCUT2D eigenvalue weighted by molar-refractivity contribution is -0.118. The molecule has 2 heterocycles. The Kier molecular flexibility index (Phi) is 4.60. The van der Waals surface area contributed by atoms with Gasteiger partial charge in [-0.05, 0) is 52.9 Å². The number of aromatic nitrogens is 1. The van der Waals surface area contributed by atoms with Crippen molar-refractivity contribution < 1.29 is 14.3 Å². The van der Waals surface area contributed by atoms with Gasteiger partial charge in [0, 0.05) is 20.1 Å². The number of halogens is 1. The number of benzene rings is 2. The van der Waals surface area contributed by atoms with E-state index in [9.17, 15) is 9.59 Å². The molecule has 0 unspecified atom stereocenters. The number of nitrogens with one attached hydrogen (secondary N) is 2. The van der Waals surface area contributed by atoms with Gasteiger partial charge in [0.05, 0.1) is 11.4 Å². The molecule has 2 N–H and O–H groups in total. The molecule has 4 rings (SSSR count). The molecule has 0 bridgehead atoms. The molecule has 0 atom stereocenters. The standard InChI is InChI=1S/C18H12IN3O3S/c19-12-4-1-10(2-5-12)14-9-26-18(21-14)22-17(24)11-3-6-13-15(7-11)25-8-16(23)20-13/h1-7,9H,8H2,(H,20,23)(H,21,22,24). The topological polar surface area (TPSA) is 80.3 Å². The van der Waals surface area contributed by atoms with Crippen molar-refractivity contribution in [2.75, 3.05) is 17.2 Å². The Morgan fingerprint density at radius 2 is 2.04 bits per heavy atom. The molecule has 2 aromatic carbocycles. The van der Waals surface area contributed by atoms with Crippen molar-refractivity contribution in [3.8, 4) is 17.0 Å². The molecule has 0 spiro atoms. The normalized spacial score (nSPS) is 12.7. The average molecular weight is 477 g/mol. The van der Waals surface area contributed by atoms with Crippen LogP contribution >= 0.6 is 33.9 Å². The lowest BCUT2D eigenvalue weighted by Gasteiger charge is -2.18. The van der Waals surface area contributed by atoms with Crippen molar-refractivity contribution in [3.05, 3.63) is 57.0 Å². The van der Waals surface area contributed by atoms with Crippen molar-refractivity contribution in [3.63, 3.8) is 0 Å². The van der Waals surface area contributed by atoms with E-state index in [1.54, 1.807) is 18.2 Å². The summed E-state index contributed by atoms with van der Waals surface area (Å²) in [4.78, 5) is 28.2. The fraction of sp³-hybridized carbons (Fsp3) is 0.0556. The summed E-state index contributed by atoms with van der Waals surface area (Å²) in [6.45, 7) is -0.0517. The summed E-state index contributed by atoms with van der Waals surface area (Å²) in [7, 11) is 0. The van der Waals surface area contributed by atoms with Crippen LogP contribution in [0.1, 0.15) is 10.4 Å². The number of fused-ring (bicyclic) bond motifs is 1. The van der Waals surface area contributed by atoms with Crippen LogP contribution in [0.4, 0.5) is 10.8 Å². The SMILES string of the molecule is O=C1COc2cc(C(=O)Nc3nc(-c4ccc(I)cc4)cs3)ccc2N1. The highest BCUT2D eigenvalue weighted by atomic mass is 127. The van der Waals surface area contributed by atoms with Crippen LogP contribution in [0.3, 0.4) is 0 Å². The van der Waals surface area contributed by atoms with Gasteiger partial charge in [-0.25, -0.2) is 4.98 Å². The van der Waals surface area contributed by atoms with E-state index in [1.807, 2.05) is 29.6 Å². The van der Waals surface area contributed by atoms with E-state index in [0.29, 0.717) is 22.1 Å². The van der Waals surface area contributed by atoms with Gasteiger partial charge in [-0.2, -0.15) is 0 Å². The zero-order chi connectivity index (χ0) is 18.1. The van der Waals surface area contributed by atoms with Gasteiger partial charge in [0.2, 0.25) is 0 Å². The molecule has 0 aliphatic carbocycles. The Balaban J connectivity index is 1.50. The Morgan fingerprint density at radius 3 is 2.85 bits per heavy atom. The molecule has 1 aliphatic rings. The molecular formula is C18H12IN3O3S. The number of carbonyl (C=O) groups is 2. The maximum atomic E-state index is 12.5. The van der Waals surface area contributed by atoms with E-state index in [4.69, 9.17) is 4.74 Å². The second-order valence-electron chi connectivity index (χ2n) is 5.55. The van der Waals surface area contributed by atoms with Crippen LogP contribution in [0.15, 0.2) is 47.8 Å². The largest absolute Gasteiger partial charge is 0.482 e. The highest BCUT2D eigenvalue weighted by Crippen LogP contribution is 2.30. The van der Waals surface area contributed by atoms with E-state index in [1.165, 1.54) is 11.3 Å². The fourth-order valence-corrected chi connectivity index (χ4v) is 3.54. The first-order valence-electron chi connectivity index (χ1n) is 7.68. The highest BCUT2D eigenvalue weighted by Gasteiger charge is 2.18. The van der Waals surface area contributed by atoms with Gasteiger partial charge in [-0.1, -0.05) is 12.1 Å². The summed E-state index contributed by atoms with van der Waals surface area (Å²) in [6.07, 6.45) is 0. The lowest BCUT2D eigenvalue weighted by atomic mass is 10.1. The van der Waals surface area contributed by atoms with Crippen LogP contribution in [0, 0.1) is 3.57 Å². The van der Waals surface area contributed by atoms with E-state index in [-0.39, 0.29) is 18.4 Å². The summed E-state index contributed by atoms with van der Waals surface area (Å²) >= 11 is 3.62. The molecule has 130 valence electrons. The van der Waals surface area contributed by atoms with Gasteiger partial charge in [-0.3, -0.25) is 14.9 Å². The molecule has 6 nitrogen and oxygen atoms in total. The molecule has 2 amide bonds. The van der Waals surface area contributed by atoms with Gasteiger partial charge in [0.25, 0.3) is 11.8 Å². The maximum absolute atomic E-state index is 12.5. The minimum absolute atomic E-state index is 0.0517. The van der Waals surface area contributed by atoms with Crippen molar-refractivity contribution in [2.45, 2.75) is 0 Å². The third kappa shape index (κ3) is 3.56. The van der Waals surface area contributed by atoms with E-state index in [0.717, 1.165) is 14.8 Å². The third-order valence-electron chi connectivity index (χ3n) is 3.74. The lowest BCUT2D eigenvalue weighted by Crippen LogP contribution is -2.25. The number of amides is 2. The van der Waals surface area contributed by atoms with E-state index < -0.39 is 0 Å². The third-order valence-corrected chi connectivity index (χ3v) is 5.22. The van der Waals surface area contributed by atoms with Crippen LogP contribution in [0.25, 0.3) is 11.3 Å². The first-order chi connectivity index (χ1) is 12.6. The second-order valence-corrected chi connectivity index (χ2v) is 7.65. The molecular weight excluding hydrogens is 465 g/mol. The van der Waals surface area contributed by atoms with Crippen LogP contribution < -0.4 is 15.4 Å². The number of nitrogens with zero attached hydrogens (tertiary/aromatic N) is 1. The molecule has 0 radical (unpaired) electrons. The number of ether oxygens (including phenoxy) is 1. The minimum Gasteiger partial charge on any atom is -0.482 e. The maximum Gasteiger partial charge on any atom is 0.262 e. The zero-order valence-electron chi connectivity index (χ0n) is 13.3. The summed E-state index contributed by atoms with van der Waals surface area (Å²) < 4.78 is 6.50. The number of hydrogen-bond donors (Lipinski definition) is 2. The van der Waals surface area contributed by atoms with Crippen LogP contribution in [-0.2, 0) is 4.79 Å². The summed E-state index contributed by atoms with van der Waals surface area (Å²) in [5.41, 5.74) is 2.82. The zero-order valence-corrected chi connectivity index (χ0v) is 16.3. The quantitative estimate of drug-likeness (QED) is 0.560. The number of thiazole rings is 1. The molecule has 0 fully saturated rings. The van der Waals surface area contributed by atoms with Gasteiger partial charge < -0.3 is 10.1 Å².